The second kappa shape index (κ2) is 8.96. The summed E-state index contributed by atoms with van der Waals surface area (Å²) in [5.41, 5.74) is 7.74. The van der Waals surface area contributed by atoms with E-state index >= 15 is 0 Å². The number of likely N-dealkylation sites (tertiary alicyclic amines) is 1. The molecule has 7 heteroatoms. The van der Waals surface area contributed by atoms with Gasteiger partial charge < -0.3 is 16.0 Å². The Kier molecular flexibility index (Phi) is 6.35. The fourth-order valence-corrected chi connectivity index (χ4v) is 5.35. The summed E-state index contributed by atoms with van der Waals surface area (Å²) in [7, 11) is 0. The van der Waals surface area contributed by atoms with E-state index in [1.165, 1.54) is 12.8 Å². The Morgan fingerprint density at radius 3 is 2.38 bits per heavy atom. The highest BCUT2D eigenvalue weighted by Crippen LogP contribution is 2.36. The summed E-state index contributed by atoms with van der Waals surface area (Å²) in [4.78, 5) is 25.8. The molecule has 6 nitrogen and oxygen atoms in total. The summed E-state index contributed by atoms with van der Waals surface area (Å²) in [6, 6.07) is 0.588. The van der Waals surface area contributed by atoms with Gasteiger partial charge >= 0.3 is 0 Å². The molecule has 3 fully saturated rings. The number of imide groups is 1. The Labute approximate surface area is 172 Å². The van der Waals surface area contributed by atoms with Gasteiger partial charge in [0.25, 0.3) is 0 Å². The van der Waals surface area contributed by atoms with Gasteiger partial charge in [0.2, 0.25) is 11.8 Å². The molecule has 1 saturated carbocycles. The minimum Gasteiger partial charge on any atom is -0.377 e. The zero-order valence-electron chi connectivity index (χ0n) is 17.1. The number of hydrogen-bond donors (Lipinski definition) is 3. The lowest BCUT2D eigenvalue weighted by molar-refractivity contribution is -0.134. The molecule has 0 aromatic carbocycles. The van der Waals surface area contributed by atoms with Crippen molar-refractivity contribution in [3.05, 3.63) is 23.2 Å². The monoisotopic (exact) mass is 404 g/mol. The molecule has 0 radical (unpaired) electrons. The third-order valence-corrected chi connectivity index (χ3v) is 7.15. The van der Waals surface area contributed by atoms with Crippen LogP contribution in [0, 0.1) is 5.92 Å². The molecule has 1 atom stereocenters. The van der Waals surface area contributed by atoms with Crippen LogP contribution in [0.25, 0.3) is 0 Å². The fourth-order valence-electron chi connectivity index (χ4n) is 5.35. The van der Waals surface area contributed by atoms with Crippen molar-refractivity contribution in [1.29, 1.82) is 0 Å². The summed E-state index contributed by atoms with van der Waals surface area (Å²) in [5, 5.41) is 5.48. The van der Waals surface area contributed by atoms with Gasteiger partial charge in [0.15, 0.2) is 0 Å². The maximum atomic E-state index is 14.9. The number of carbonyl (C=O) groups excluding carboxylic acids is 2. The van der Waals surface area contributed by atoms with Crippen LogP contribution in [-0.2, 0) is 9.59 Å². The summed E-state index contributed by atoms with van der Waals surface area (Å²) in [6.07, 6.45) is 10.5. The molecule has 4 N–H and O–H groups in total. The highest BCUT2D eigenvalue weighted by atomic mass is 19.1. The van der Waals surface area contributed by atoms with Crippen LogP contribution in [0.2, 0.25) is 0 Å². The van der Waals surface area contributed by atoms with Gasteiger partial charge in [-0.2, -0.15) is 0 Å². The van der Waals surface area contributed by atoms with Gasteiger partial charge in [-0.3, -0.25) is 14.9 Å². The van der Waals surface area contributed by atoms with Crippen molar-refractivity contribution in [2.75, 3.05) is 13.1 Å². The second-order valence-corrected chi connectivity index (χ2v) is 9.07. The molecule has 160 valence electrons. The summed E-state index contributed by atoms with van der Waals surface area (Å²) < 4.78 is 14.9. The molecule has 2 heterocycles. The average Bonchev–Trinajstić information content (AvgIpc) is 2.71. The van der Waals surface area contributed by atoms with E-state index < -0.39 is 6.04 Å². The van der Waals surface area contributed by atoms with Crippen molar-refractivity contribution in [2.45, 2.75) is 82.3 Å². The number of rotatable bonds is 4. The fraction of sp³-hybridized carbons (Fsp3) is 0.727. The van der Waals surface area contributed by atoms with E-state index in [-0.39, 0.29) is 17.6 Å². The molecule has 4 aliphatic rings. The van der Waals surface area contributed by atoms with Crippen LogP contribution in [-0.4, -0.2) is 47.9 Å². The number of halogens is 1. The molecule has 29 heavy (non-hydrogen) atoms. The van der Waals surface area contributed by atoms with Gasteiger partial charge in [-0.25, -0.2) is 4.39 Å². The molecule has 0 aromatic heterocycles. The van der Waals surface area contributed by atoms with Crippen LogP contribution in [0.3, 0.4) is 0 Å². The van der Waals surface area contributed by atoms with Gasteiger partial charge in [0, 0.05) is 24.2 Å². The Hall–Kier alpha value is -1.73. The lowest BCUT2D eigenvalue weighted by Crippen LogP contribution is -2.50. The van der Waals surface area contributed by atoms with Gasteiger partial charge in [-0.15, -0.1) is 0 Å². The first-order valence-electron chi connectivity index (χ1n) is 11.2. The van der Waals surface area contributed by atoms with Crippen molar-refractivity contribution < 1.29 is 14.0 Å². The minimum absolute atomic E-state index is 0.131. The standard InChI is InChI=1S/C22H33FN4O2/c23-19-13-16(25-20-7-8-21(28)26-22(20)29)3-6-18(19)14-9-11-27(12-10-14)17-4-1-15(24)2-5-17/h13-15,17,20,25H,1-12,24H2,(H,26,28,29). The Morgan fingerprint density at radius 2 is 1.72 bits per heavy atom. The number of carbonyl (C=O) groups is 2. The van der Waals surface area contributed by atoms with Crippen LogP contribution in [0.1, 0.15) is 64.2 Å². The van der Waals surface area contributed by atoms with Crippen molar-refractivity contribution in [2.24, 2.45) is 11.7 Å². The van der Waals surface area contributed by atoms with E-state index in [1.54, 1.807) is 6.08 Å². The second-order valence-electron chi connectivity index (χ2n) is 9.07. The maximum absolute atomic E-state index is 14.9. The third kappa shape index (κ3) is 4.89. The van der Waals surface area contributed by atoms with Crippen molar-refractivity contribution in [1.82, 2.24) is 15.5 Å². The first kappa shape index (κ1) is 20.5. The molecule has 4 rings (SSSR count). The predicted octanol–water partition coefficient (Wildman–Crippen LogP) is 2.26. The van der Waals surface area contributed by atoms with Crippen LogP contribution in [0.5, 0.6) is 0 Å². The molecular formula is C22H33FN4O2. The third-order valence-electron chi connectivity index (χ3n) is 7.15. The van der Waals surface area contributed by atoms with Crippen molar-refractivity contribution in [3.63, 3.8) is 0 Å². The smallest absolute Gasteiger partial charge is 0.249 e. The molecular weight excluding hydrogens is 371 g/mol. The summed E-state index contributed by atoms with van der Waals surface area (Å²) in [5.74, 6) is -0.353. The van der Waals surface area contributed by atoms with E-state index in [4.69, 9.17) is 5.73 Å². The van der Waals surface area contributed by atoms with Gasteiger partial charge in [0.05, 0.1) is 0 Å². The summed E-state index contributed by atoms with van der Waals surface area (Å²) >= 11 is 0. The molecule has 2 saturated heterocycles. The topological polar surface area (TPSA) is 87.5 Å². The normalized spacial score (nSPS) is 32.8. The maximum Gasteiger partial charge on any atom is 0.249 e. The van der Waals surface area contributed by atoms with Crippen LogP contribution >= 0.6 is 0 Å². The van der Waals surface area contributed by atoms with E-state index in [1.807, 2.05) is 0 Å². The Morgan fingerprint density at radius 1 is 1.00 bits per heavy atom. The quantitative estimate of drug-likeness (QED) is 0.626. The summed E-state index contributed by atoms with van der Waals surface area (Å²) in [6.45, 7) is 2.10. The highest BCUT2D eigenvalue weighted by molar-refractivity contribution is 6.00. The van der Waals surface area contributed by atoms with Crippen LogP contribution in [0.15, 0.2) is 23.2 Å². The molecule has 2 amide bonds. The predicted molar refractivity (Wildman–Crippen MR) is 109 cm³/mol. The molecule has 0 aromatic rings. The number of allylic oxidation sites excluding steroid dienone is 4. The van der Waals surface area contributed by atoms with E-state index in [2.05, 4.69) is 15.5 Å². The van der Waals surface area contributed by atoms with Gasteiger partial charge in [0.1, 0.15) is 11.9 Å². The molecule has 0 spiro atoms. The number of piperidine rings is 2. The zero-order chi connectivity index (χ0) is 20.4. The lowest BCUT2D eigenvalue weighted by atomic mass is 9.82. The van der Waals surface area contributed by atoms with E-state index in [0.717, 1.165) is 56.5 Å². The average molecular weight is 405 g/mol. The number of amides is 2. The van der Waals surface area contributed by atoms with E-state index in [9.17, 15) is 14.0 Å². The number of nitrogens with zero attached hydrogens (tertiary/aromatic N) is 1. The molecule has 2 aliphatic carbocycles. The largest absolute Gasteiger partial charge is 0.377 e. The van der Waals surface area contributed by atoms with Crippen molar-refractivity contribution >= 4 is 11.8 Å². The SMILES string of the molecule is NC1CCC(N2CCC(C3=C(F)C=C(NC4CCC(=O)NC4=O)CC3)CC2)CC1. The number of hydrogen-bond acceptors (Lipinski definition) is 5. The van der Waals surface area contributed by atoms with Crippen LogP contribution < -0.4 is 16.4 Å². The van der Waals surface area contributed by atoms with Gasteiger partial charge in [-0.1, -0.05) is 0 Å². The minimum atomic E-state index is -0.444. The van der Waals surface area contributed by atoms with Crippen LogP contribution in [0.4, 0.5) is 4.39 Å². The van der Waals surface area contributed by atoms with E-state index in [0.29, 0.717) is 37.3 Å². The Bertz CT molecular complexity index is 704. The molecule has 2 aliphatic heterocycles. The molecule has 0 bridgehead atoms. The number of nitrogens with one attached hydrogen (secondary N) is 2. The van der Waals surface area contributed by atoms with Gasteiger partial charge in [-0.05, 0) is 88.4 Å². The number of nitrogens with two attached hydrogens (primary N) is 1. The zero-order valence-corrected chi connectivity index (χ0v) is 17.1. The Balaban J connectivity index is 1.31. The first-order chi connectivity index (χ1) is 14.0. The highest BCUT2D eigenvalue weighted by Gasteiger charge is 2.32. The first-order valence-corrected chi connectivity index (χ1v) is 11.2. The lowest BCUT2D eigenvalue weighted by Gasteiger charge is -2.41. The molecule has 1 unspecified atom stereocenters. The van der Waals surface area contributed by atoms with Crippen molar-refractivity contribution in [3.8, 4) is 0 Å².